The quantitative estimate of drug-likeness (QED) is 0.500. The minimum atomic E-state index is -0.165. The van der Waals surface area contributed by atoms with Crippen molar-refractivity contribution in [2.45, 2.75) is 31.7 Å². The van der Waals surface area contributed by atoms with E-state index in [1.165, 1.54) is 23.1 Å². The van der Waals surface area contributed by atoms with Gasteiger partial charge in [-0.1, -0.05) is 30.0 Å². The van der Waals surface area contributed by atoms with Crippen LogP contribution in [0.3, 0.4) is 0 Å². The van der Waals surface area contributed by atoms with Crippen LogP contribution in [0.1, 0.15) is 32.2 Å². The molecule has 0 saturated heterocycles. The number of aryl methyl sites for hydroxylation is 3. The summed E-state index contributed by atoms with van der Waals surface area (Å²) in [6.07, 6.45) is 1.74. The fraction of sp³-hybridized carbons (Fsp3) is 0.211. The van der Waals surface area contributed by atoms with Gasteiger partial charge in [-0.2, -0.15) is 4.98 Å². The molecule has 0 fully saturated rings. The molecule has 0 aliphatic heterocycles. The molecule has 142 valence electrons. The Balaban J connectivity index is 1.52. The Labute approximate surface area is 170 Å². The van der Waals surface area contributed by atoms with Gasteiger partial charge in [0, 0.05) is 33.8 Å². The van der Waals surface area contributed by atoms with Gasteiger partial charge < -0.3 is 0 Å². The highest BCUT2D eigenvalue weighted by atomic mass is 32.2. The molecule has 0 aliphatic rings. The van der Waals surface area contributed by atoms with E-state index in [9.17, 15) is 4.79 Å². The smallest absolute Gasteiger partial charge is 0.257 e. The molecule has 7 nitrogen and oxygen atoms in total. The number of rotatable bonds is 5. The van der Waals surface area contributed by atoms with Crippen molar-refractivity contribution < 1.29 is 4.79 Å². The zero-order valence-electron chi connectivity index (χ0n) is 15.6. The van der Waals surface area contributed by atoms with E-state index in [0.29, 0.717) is 27.4 Å². The lowest BCUT2D eigenvalue weighted by Gasteiger charge is -2.07. The van der Waals surface area contributed by atoms with Crippen LogP contribution in [0.4, 0.5) is 5.13 Å². The van der Waals surface area contributed by atoms with Crippen LogP contribution in [0.2, 0.25) is 0 Å². The number of thiazole rings is 1. The van der Waals surface area contributed by atoms with Gasteiger partial charge in [0.15, 0.2) is 5.13 Å². The Morgan fingerprint density at radius 3 is 2.82 bits per heavy atom. The first kappa shape index (κ1) is 18.6. The first-order chi connectivity index (χ1) is 13.5. The van der Waals surface area contributed by atoms with Gasteiger partial charge in [0.05, 0.1) is 0 Å². The SMILES string of the molecule is Cc1cc(C)n2nc(SCc3ccccc3C(=O)Nc3ncc(C)s3)nc2n1. The van der Waals surface area contributed by atoms with Crippen LogP contribution >= 0.6 is 23.1 Å². The Kier molecular flexibility index (Phi) is 5.10. The molecule has 0 aliphatic carbocycles. The first-order valence-electron chi connectivity index (χ1n) is 8.65. The maximum Gasteiger partial charge on any atom is 0.257 e. The number of fused-ring (bicyclic) bond motifs is 1. The molecule has 0 radical (unpaired) electrons. The molecule has 1 amide bonds. The molecule has 0 unspecified atom stereocenters. The van der Waals surface area contributed by atoms with E-state index < -0.39 is 0 Å². The van der Waals surface area contributed by atoms with Crippen LogP contribution in [0.25, 0.3) is 5.78 Å². The van der Waals surface area contributed by atoms with Gasteiger partial charge in [-0.3, -0.25) is 10.1 Å². The third-order valence-corrected chi connectivity index (χ3v) is 5.77. The summed E-state index contributed by atoms with van der Waals surface area (Å²) in [7, 11) is 0. The maximum absolute atomic E-state index is 12.7. The highest BCUT2D eigenvalue weighted by molar-refractivity contribution is 7.98. The average Bonchev–Trinajstić information content (AvgIpc) is 3.26. The lowest BCUT2D eigenvalue weighted by atomic mass is 10.1. The van der Waals surface area contributed by atoms with Gasteiger partial charge in [-0.15, -0.1) is 16.4 Å². The summed E-state index contributed by atoms with van der Waals surface area (Å²) in [6.45, 7) is 5.87. The fourth-order valence-corrected chi connectivity index (χ4v) is 4.28. The summed E-state index contributed by atoms with van der Waals surface area (Å²) >= 11 is 2.93. The maximum atomic E-state index is 12.7. The van der Waals surface area contributed by atoms with E-state index >= 15 is 0 Å². The normalized spacial score (nSPS) is 11.1. The molecule has 0 saturated carbocycles. The van der Waals surface area contributed by atoms with Crippen molar-refractivity contribution >= 4 is 39.9 Å². The lowest BCUT2D eigenvalue weighted by molar-refractivity contribution is 0.102. The molecule has 3 aromatic heterocycles. The molecular weight excluding hydrogens is 392 g/mol. The second kappa shape index (κ2) is 7.69. The number of hydrogen-bond donors (Lipinski definition) is 1. The lowest BCUT2D eigenvalue weighted by Crippen LogP contribution is -2.13. The summed E-state index contributed by atoms with van der Waals surface area (Å²) < 4.78 is 1.73. The van der Waals surface area contributed by atoms with Crippen molar-refractivity contribution in [3.63, 3.8) is 0 Å². The summed E-state index contributed by atoms with van der Waals surface area (Å²) in [5.41, 5.74) is 3.43. The zero-order valence-corrected chi connectivity index (χ0v) is 17.3. The zero-order chi connectivity index (χ0) is 19.7. The number of nitrogens with one attached hydrogen (secondary N) is 1. The fourth-order valence-electron chi connectivity index (χ4n) is 2.80. The number of benzene rings is 1. The molecule has 0 atom stereocenters. The molecule has 4 rings (SSSR count). The molecule has 1 N–H and O–H groups in total. The number of nitrogens with zero attached hydrogens (tertiary/aromatic N) is 5. The van der Waals surface area contributed by atoms with Crippen LogP contribution < -0.4 is 5.32 Å². The minimum Gasteiger partial charge on any atom is -0.298 e. The van der Waals surface area contributed by atoms with Crippen molar-refractivity contribution in [1.29, 1.82) is 0 Å². The van der Waals surface area contributed by atoms with Gasteiger partial charge in [0.2, 0.25) is 5.16 Å². The van der Waals surface area contributed by atoms with Crippen molar-refractivity contribution in [1.82, 2.24) is 24.6 Å². The summed E-state index contributed by atoms with van der Waals surface area (Å²) in [5.74, 6) is 1.00. The van der Waals surface area contributed by atoms with Crippen LogP contribution in [0.5, 0.6) is 0 Å². The molecule has 3 heterocycles. The average molecular weight is 411 g/mol. The van der Waals surface area contributed by atoms with E-state index in [1.54, 1.807) is 10.7 Å². The van der Waals surface area contributed by atoms with Gasteiger partial charge in [0.25, 0.3) is 11.7 Å². The first-order valence-corrected chi connectivity index (χ1v) is 10.5. The summed E-state index contributed by atoms with van der Waals surface area (Å²) in [5, 5.41) is 8.61. The van der Waals surface area contributed by atoms with E-state index in [2.05, 4.69) is 25.4 Å². The molecule has 9 heteroatoms. The Hall–Kier alpha value is -2.78. The van der Waals surface area contributed by atoms with Gasteiger partial charge in [-0.25, -0.2) is 14.5 Å². The number of amides is 1. The molecular formula is C19H18N6OS2. The number of thioether (sulfide) groups is 1. The highest BCUT2D eigenvalue weighted by Crippen LogP contribution is 2.24. The van der Waals surface area contributed by atoms with Crippen molar-refractivity contribution in [2.24, 2.45) is 0 Å². The molecule has 1 aromatic carbocycles. The topological polar surface area (TPSA) is 85.1 Å². The van der Waals surface area contributed by atoms with Gasteiger partial charge in [-0.05, 0) is 38.5 Å². The predicted molar refractivity (Wildman–Crippen MR) is 111 cm³/mol. The van der Waals surface area contributed by atoms with E-state index in [0.717, 1.165) is 21.8 Å². The Bertz CT molecular complexity index is 1170. The molecule has 28 heavy (non-hydrogen) atoms. The van der Waals surface area contributed by atoms with Gasteiger partial charge >= 0.3 is 0 Å². The highest BCUT2D eigenvalue weighted by Gasteiger charge is 2.14. The number of aromatic nitrogens is 5. The summed E-state index contributed by atoms with van der Waals surface area (Å²) in [6, 6.07) is 9.51. The van der Waals surface area contributed by atoms with Crippen LogP contribution in [-0.2, 0) is 5.75 Å². The standard InChI is InChI=1S/C19H18N6OS2/c1-11-8-12(2)25-17(21-11)23-19(24-25)27-10-14-6-4-5-7-15(14)16(26)22-18-20-9-13(3)28-18/h4-9H,10H2,1-3H3,(H,20,22,26). The minimum absolute atomic E-state index is 0.165. The van der Waals surface area contributed by atoms with Crippen LogP contribution in [0.15, 0.2) is 41.7 Å². The van der Waals surface area contributed by atoms with Crippen molar-refractivity contribution in [3.8, 4) is 0 Å². The van der Waals surface area contributed by atoms with Crippen molar-refractivity contribution in [2.75, 3.05) is 5.32 Å². The van der Waals surface area contributed by atoms with Crippen molar-refractivity contribution in [3.05, 3.63) is 63.9 Å². The van der Waals surface area contributed by atoms with E-state index in [4.69, 9.17) is 0 Å². The number of hydrogen-bond acceptors (Lipinski definition) is 7. The molecule has 0 spiro atoms. The number of anilines is 1. The third kappa shape index (κ3) is 3.90. The second-order valence-corrected chi connectivity index (χ2v) is 8.50. The van der Waals surface area contributed by atoms with Gasteiger partial charge in [0.1, 0.15) is 0 Å². The van der Waals surface area contributed by atoms with E-state index in [-0.39, 0.29) is 5.91 Å². The predicted octanol–water partition coefficient (Wildman–Crippen LogP) is 4.05. The number of carbonyl (C=O) groups excluding carboxylic acids is 1. The van der Waals surface area contributed by atoms with Crippen LogP contribution in [-0.4, -0.2) is 30.5 Å². The second-order valence-electron chi connectivity index (χ2n) is 6.32. The van der Waals surface area contributed by atoms with Crippen LogP contribution in [0, 0.1) is 20.8 Å². The Morgan fingerprint density at radius 2 is 2.04 bits per heavy atom. The molecule has 4 aromatic rings. The third-order valence-electron chi connectivity index (χ3n) is 4.06. The summed E-state index contributed by atoms with van der Waals surface area (Å²) in [4.78, 5) is 26.8. The Morgan fingerprint density at radius 1 is 1.21 bits per heavy atom. The van der Waals surface area contributed by atoms with E-state index in [1.807, 2.05) is 51.1 Å². The monoisotopic (exact) mass is 410 g/mol. The largest absolute Gasteiger partial charge is 0.298 e. The number of carbonyl (C=O) groups is 1. The molecule has 0 bridgehead atoms.